The SMILES string of the molecule is CNC(=O)c1nn(COCC[Si](C)(C)C)c2cc(-c3cc(F)c(OCOCC[Si](C)(C)C)cc3CC(F)(F)F)nc(NCc3ccccc3N(C)S(=O)(=O)c3cn(C)cn3)c12. The van der Waals surface area contributed by atoms with Crippen molar-refractivity contribution in [2.24, 2.45) is 7.05 Å². The number of carbonyl (C=O) groups is 1. The summed E-state index contributed by atoms with van der Waals surface area (Å²) < 4.78 is 107. The van der Waals surface area contributed by atoms with Gasteiger partial charge in [0, 0.05) is 68.8 Å². The highest BCUT2D eigenvalue weighted by Gasteiger charge is 2.32. The number of nitrogens with one attached hydrogen (secondary N) is 2. The Morgan fingerprint density at radius 2 is 1.64 bits per heavy atom. The average molecular weight is 907 g/mol. The Labute approximate surface area is 355 Å². The van der Waals surface area contributed by atoms with Crippen LogP contribution in [-0.2, 0) is 46.2 Å². The number of para-hydroxylation sites is 1. The third kappa shape index (κ3) is 12.4. The maximum absolute atomic E-state index is 15.9. The van der Waals surface area contributed by atoms with Gasteiger partial charge >= 0.3 is 6.18 Å². The Balaban J connectivity index is 1.63. The molecule has 2 N–H and O–H groups in total. The van der Waals surface area contributed by atoms with Crippen LogP contribution in [0.1, 0.15) is 21.6 Å². The van der Waals surface area contributed by atoms with E-state index in [0.717, 1.165) is 28.5 Å². The number of ether oxygens (including phenoxy) is 3. The molecule has 5 rings (SSSR count). The number of imidazole rings is 1. The summed E-state index contributed by atoms with van der Waals surface area (Å²) in [6, 6.07) is 11.7. The van der Waals surface area contributed by atoms with Gasteiger partial charge in [0.1, 0.15) is 12.5 Å². The molecule has 0 saturated carbocycles. The van der Waals surface area contributed by atoms with Gasteiger partial charge < -0.3 is 29.4 Å². The lowest BCUT2D eigenvalue weighted by molar-refractivity contribution is -0.127. The summed E-state index contributed by atoms with van der Waals surface area (Å²) in [6.45, 7) is 13.3. The van der Waals surface area contributed by atoms with Crippen LogP contribution in [0.15, 0.2) is 60.0 Å². The van der Waals surface area contributed by atoms with Crippen molar-refractivity contribution in [1.82, 2.24) is 29.6 Å². The lowest BCUT2D eigenvalue weighted by Gasteiger charge is -2.22. The van der Waals surface area contributed by atoms with Crippen LogP contribution in [-0.4, -0.2) is 95.1 Å². The molecule has 21 heteroatoms. The van der Waals surface area contributed by atoms with Crippen LogP contribution in [0.2, 0.25) is 51.4 Å². The number of sulfonamides is 1. The van der Waals surface area contributed by atoms with Crippen molar-refractivity contribution in [2.75, 3.05) is 43.7 Å². The molecular weight excluding hydrogens is 853 g/mol. The number of nitrogens with zero attached hydrogens (tertiary/aromatic N) is 6. The lowest BCUT2D eigenvalue weighted by Crippen LogP contribution is -2.28. The minimum atomic E-state index is -4.70. The molecule has 61 heavy (non-hydrogen) atoms. The van der Waals surface area contributed by atoms with Gasteiger partial charge in [0.2, 0.25) is 0 Å². The van der Waals surface area contributed by atoms with Crippen LogP contribution >= 0.6 is 0 Å². The molecule has 0 fully saturated rings. The molecule has 0 spiro atoms. The first-order chi connectivity index (χ1) is 28.5. The van der Waals surface area contributed by atoms with Gasteiger partial charge in [-0.15, -0.1) is 0 Å². The van der Waals surface area contributed by atoms with E-state index in [-0.39, 0.29) is 64.3 Å². The Hall–Kier alpha value is -4.84. The van der Waals surface area contributed by atoms with Crippen LogP contribution in [0.3, 0.4) is 0 Å². The van der Waals surface area contributed by atoms with Crippen molar-refractivity contribution < 1.29 is 45.0 Å². The predicted octanol–water partition coefficient (Wildman–Crippen LogP) is 7.88. The molecule has 0 saturated heterocycles. The van der Waals surface area contributed by atoms with Crippen molar-refractivity contribution in [3.63, 3.8) is 0 Å². The van der Waals surface area contributed by atoms with Crippen LogP contribution in [0.4, 0.5) is 29.1 Å². The van der Waals surface area contributed by atoms with Gasteiger partial charge in [0.25, 0.3) is 15.9 Å². The number of anilines is 2. The molecule has 0 unspecified atom stereocenters. The number of benzene rings is 2. The zero-order chi connectivity index (χ0) is 44.9. The fourth-order valence-electron chi connectivity index (χ4n) is 6.15. The number of halogens is 4. The van der Waals surface area contributed by atoms with Crippen molar-refractivity contribution in [3.05, 3.63) is 77.6 Å². The highest BCUT2D eigenvalue weighted by atomic mass is 32.2. The first kappa shape index (κ1) is 47.2. The number of pyridine rings is 1. The normalized spacial score (nSPS) is 12.5. The molecule has 0 radical (unpaired) electrons. The molecule has 3 heterocycles. The van der Waals surface area contributed by atoms with E-state index in [1.165, 1.54) is 41.9 Å². The van der Waals surface area contributed by atoms with Gasteiger partial charge in [-0.2, -0.15) is 26.7 Å². The third-order valence-corrected chi connectivity index (χ3v) is 14.7. The Morgan fingerprint density at radius 1 is 0.967 bits per heavy atom. The van der Waals surface area contributed by atoms with Gasteiger partial charge in [0.15, 0.2) is 29.1 Å². The number of aryl methyl sites for hydroxylation is 1. The van der Waals surface area contributed by atoms with E-state index in [9.17, 15) is 26.4 Å². The fraction of sp³-hybridized carbons (Fsp3) is 0.450. The molecule has 0 bridgehead atoms. The first-order valence-corrected chi connectivity index (χ1v) is 28.4. The minimum Gasteiger partial charge on any atom is -0.464 e. The van der Waals surface area contributed by atoms with Crippen molar-refractivity contribution in [3.8, 4) is 17.0 Å². The maximum Gasteiger partial charge on any atom is 0.393 e. The smallest absolute Gasteiger partial charge is 0.393 e. The highest BCUT2D eigenvalue weighted by Crippen LogP contribution is 2.38. The van der Waals surface area contributed by atoms with Crippen LogP contribution in [0.25, 0.3) is 22.2 Å². The van der Waals surface area contributed by atoms with E-state index in [2.05, 4.69) is 60.0 Å². The Morgan fingerprint density at radius 3 is 2.26 bits per heavy atom. The third-order valence-electron chi connectivity index (χ3n) is 9.59. The second-order valence-corrected chi connectivity index (χ2v) is 30.2. The zero-order valence-corrected chi connectivity index (χ0v) is 38.7. The predicted molar refractivity (Wildman–Crippen MR) is 232 cm³/mol. The van der Waals surface area contributed by atoms with E-state index in [4.69, 9.17) is 19.2 Å². The highest BCUT2D eigenvalue weighted by molar-refractivity contribution is 7.92. The van der Waals surface area contributed by atoms with Gasteiger partial charge in [-0.3, -0.25) is 9.10 Å². The zero-order valence-electron chi connectivity index (χ0n) is 35.9. The Bertz CT molecular complexity index is 2450. The number of rotatable bonds is 20. The molecule has 3 aromatic heterocycles. The molecule has 0 aliphatic heterocycles. The van der Waals surface area contributed by atoms with Gasteiger partial charge in [-0.1, -0.05) is 57.5 Å². The second kappa shape index (κ2) is 19.1. The van der Waals surface area contributed by atoms with Crippen molar-refractivity contribution in [2.45, 2.75) is 82.3 Å². The second-order valence-electron chi connectivity index (χ2n) is 17.1. The molecule has 0 aliphatic rings. The molecule has 14 nitrogen and oxygen atoms in total. The summed E-state index contributed by atoms with van der Waals surface area (Å²) in [7, 11) is -2.58. The molecule has 0 aliphatic carbocycles. The number of alkyl halides is 3. The fourth-order valence-corrected chi connectivity index (χ4v) is 8.86. The van der Waals surface area contributed by atoms with Gasteiger partial charge in [-0.25, -0.2) is 19.0 Å². The molecule has 0 atom stereocenters. The molecule has 332 valence electrons. The number of hydrogen-bond acceptors (Lipinski definition) is 10. The van der Waals surface area contributed by atoms with Gasteiger partial charge in [0.05, 0.1) is 35.0 Å². The molecule has 2 aromatic carbocycles. The summed E-state index contributed by atoms with van der Waals surface area (Å²) in [5.41, 5.74) is 0.404. The first-order valence-electron chi connectivity index (χ1n) is 19.6. The van der Waals surface area contributed by atoms with E-state index in [0.29, 0.717) is 24.5 Å². The average Bonchev–Trinajstić information content (AvgIpc) is 3.78. The lowest BCUT2D eigenvalue weighted by atomic mass is 9.99. The van der Waals surface area contributed by atoms with E-state index >= 15 is 4.39 Å². The van der Waals surface area contributed by atoms with E-state index in [1.807, 2.05) is 0 Å². The largest absolute Gasteiger partial charge is 0.464 e. The minimum absolute atomic E-state index is 0.0129. The number of aromatic nitrogens is 5. The number of amides is 1. The number of hydrogen-bond donors (Lipinski definition) is 2. The quantitative estimate of drug-likeness (QED) is 0.0341. The monoisotopic (exact) mass is 906 g/mol. The topological polar surface area (TPSA) is 155 Å². The summed E-state index contributed by atoms with van der Waals surface area (Å²) >= 11 is 0. The Kier molecular flexibility index (Phi) is 14.7. The van der Waals surface area contributed by atoms with E-state index in [1.54, 1.807) is 31.3 Å². The maximum atomic E-state index is 15.9. The van der Waals surface area contributed by atoms with Crippen LogP contribution < -0.4 is 19.7 Å². The van der Waals surface area contributed by atoms with Crippen LogP contribution in [0.5, 0.6) is 5.75 Å². The van der Waals surface area contributed by atoms with Crippen LogP contribution in [0, 0.1) is 5.82 Å². The van der Waals surface area contributed by atoms with E-state index < -0.39 is 56.2 Å². The van der Waals surface area contributed by atoms with Crippen molar-refractivity contribution in [1.29, 1.82) is 0 Å². The summed E-state index contributed by atoms with van der Waals surface area (Å²) in [5.74, 6) is -1.92. The molecule has 1 amide bonds. The summed E-state index contributed by atoms with van der Waals surface area (Å²) in [6.07, 6.45) is -3.39. The summed E-state index contributed by atoms with van der Waals surface area (Å²) in [4.78, 5) is 22.1. The van der Waals surface area contributed by atoms with Gasteiger partial charge in [-0.05, 0) is 47.5 Å². The van der Waals surface area contributed by atoms with Crippen molar-refractivity contribution >= 4 is 54.5 Å². The summed E-state index contributed by atoms with van der Waals surface area (Å²) in [5, 5.41) is 10.4. The number of fused-ring (bicyclic) bond motifs is 1. The number of carbonyl (C=O) groups excluding carboxylic acids is 1. The standard InChI is InChI=1S/C40H54F4N8O6SSi2/c1-45-39(53)37-36-33(52(49-37)25-56-14-16-60(4,5)6)20-31(29-19-30(41)34(18-28(29)21-40(42,43)44)58-26-57-15-17-61(7,8)9)48-38(36)46-22-27-12-10-11-13-32(27)51(3)59(54,55)35-23-50(2)24-47-35/h10-13,18-20,23-24H,14-17,21-22,25-26H2,1-9H3,(H,45,53)(H,46,48). The molecular formula is C40H54F4N8O6SSi2. The molecule has 5 aromatic rings.